The zero-order valence-corrected chi connectivity index (χ0v) is 16.2. The molecule has 0 fully saturated rings. The SMILES string of the molecule is CC(=O)Nc1ccc(S(=O)(=O)Nc2ccc(NS(C)(=O)=O)c(Cl)c2)cc1. The molecular formula is C15H16ClN3O5S2. The maximum Gasteiger partial charge on any atom is 0.261 e. The highest BCUT2D eigenvalue weighted by Gasteiger charge is 2.15. The Labute approximate surface area is 156 Å². The second kappa shape index (κ2) is 7.52. The van der Waals surface area contributed by atoms with Crippen molar-refractivity contribution in [3.63, 3.8) is 0 Å². The van der Waals surface area contributed by atoms with Crippen LogP contribution in [0.1, 0.15) is 6.92 Å². The highest BCUT2D eigenvalue weighted by Crippen LogP contribution is 2.27. The van der Waals surface area contributed by atoms with Crippen LogP contribution < -0.4 is 14.8 Å². The van der Waals surface area contributed by atoms with E-state index in [4.69, 9.17) is 11.6 Å². The van der Waals surface area contributed by atoms with E-state index in [1.807, 2.05) is 0 Å². The summed E-state index contributed by atoms with van der Waals surface area (Å²) in [6.45, 7) is 1.35. The monoisotopic (exact) mass is 417 g/mol. The van der Waals surface area contributed by atoms with E-state index < -0.39 is 20.0 Å². The van der Waals surface area contributed by atoms with Crippen LogP contribution in [-0.4, -0.2) is 29.0 Å². The summed E-state index contributed by atoms with van der Waals surface area (Å²) in [6.07, 6.45) is 0.977. The van der Waals surface area contributed by atoms with Crippen LogP contribution in [0, 0.1) is 0 Å². The van der Waals surface area contributed by atoms with Gasteiger partial charge in [0.2, 0.25) is 15.9 Å². The third kappa shape index (κ3) is 5.61. The minimum atomic E-state index is -3.88. The standard InChI is InChI=1S/C15H16ClN3O5S2/c1-10(20)17-11-3-6-13(7-4-11)26(23,24)18-12-5-8-15(14(16)9-12)19-25(2,21)22/h3-9,18-19H,1-2H3,(H,17,20). The average molecular weight is 418 g/mol. The van der Waals surface area contributed by atoms with Gasteiger partial charge in [0.1, 0.15) is 0 Å². The van der Waals surface area contributed by atoms with E-state index in [0.717, 1.165) is 6.26 Å². The molecule has 0 saturated carbocycles. The van der Waals surface area contributed by atoms with E-state index in [2.05, 4.69) is 14.8 Å². The van der Waals surface area contributed by atoms with E-state index in [0.29, 0.717) is 5.69 Å². The lowest BCUT2D eigenvalue weighted by atomic mass is 10.3. The van der Waals surface area contributed by atoms with Crippen LogP contribution in [0.4, 0.5) is 17.1 Å². The fourth-order valence-corrected chi connectivity index (χ4v) is 3.91. The Balaban J connectivity index is 2.21. The highest BCUT2D eigenvalue weighted by atomic mass is 35.5. The Morgan fingerprint density at radius 2 is 1.50 bits per heavy atom. The minimum absolute atomic E-state index is 0.0129. The smallest absolute Gasteiger partial charge is 0.261 e. The molecule has 0 spiro atoms. The summed E-state index contributed by atoms with van der Waals surface area (Å²) in [5.74, 6) is -0.267. The number of hydrogen-bond acceptors (Lipinski definition) is 5. The quantitative estimate of drug-likeness (QED) is 0.666. The molecule has 0 atom stereocenters. The van der Waals surface area contributed by atoms with Gasteiger partial charge in [0.25, 0.3) is 10.0 Å². The Morgan fingerprint density at radius 1 is 0.923 bits per heavy atom. The van der Waals surface area contributed by atoms with Crippen LogP contribution in [0.25, 0.3) is 0 Å². The topological polar surface area (TPSA) is 121 Å². The van der Waals surface area contributed by atoms with Gasteiger partial charge >= 0.3 is 0 Å². The van der Waals surface area contributed by atoms with Crippen molar-refractivity contribution in [1.29, 1.82) is 0 Å². The van der Waals surface area contributed by atoms with Crippen molar-refractivity contribution < 1.29 is 21.6 Å². The van der Waals surface area contributed by atoms with Gasteiger partial charge in [0.15, 0.2) is 0 Å². The van der Waals surface area contributed by atoms with Gasteiger partial charge in [-0.05, 0) is 42.5 Å². The molecule has 1 amide bonds. The van der Waals surface area contributed by atoms with Gasteiger partial charge in [-0.15, -0.1) is 0 Å². The Kier molecular flexibility index (Phi) is 5.79. The number of nitrogens with one attached hydrogen (secondary N) is 3. The van der Waals surface area contributed by atoms with Crippen LogP contribution in [-0.2, 0) is 24.8 Å². The first-order valence-electron chi connectivity index (χ1n) is 7.14. The number of sulfonamides is 2. The van der Waals surface area contributed by atoms with Gasteiger partial charge in [-0.3, -0.25) is 14.2 Å². The van der Waals surface area contributed by atoms with Crippen molar-refractivity contribution in [2.45, 2.75) is 11.8 Å². The third-order valence-electron chi connectivity index (χ3n) is 3.00. The van der Waals surface area contributed by atoms with Crippen LogP contribution in [0.3, 0.4) is 0 Å². The molecule has 0 aliphatic carbocycles. The molecule has 0 radical (unpaired) electrons. The Hall–Kier alpha value is -2.30. The summed E-state index contributed by atoms with van der Waals surface area (Å²) in [6, 6.07) is 9.62. The fourth-order valence-electron chi connectivity index (χ4n) is 2.00. The summed E-state index contributed by atoms with van der Waals surface area (Å²) in [5, 5.41) is 2.58. The maximum atomic E-state index is 12.4. The summed E-state index contributed by atoms with van der Waals surface area (Å²) < 4.78 is 51.9. The molecule has 0 unspecified atom stereocenters. The van der Waals surface area contributed by atoms with E-state index >= 15 is 0 Å². The second-order valence-electron chi connectivity index (χ2n) is 5.38. The number of benzene rings is 2. The van der Waals surface area contributed by atoms with Gasteiger partial charge in [0.05, 0.1) is 27.5 Å². The third-order valence-corrected chi connectivity index (χ3v) is 5.30. The fraction of sp³-hybridized carbons (Fsp3) is 0.133. The Morgan fingerprint density at radius 3 is 2.00 bits per heavy atom. The predicted molar refractivity (Wildman–Crippen MR) is 101 cm³/mol. The molecule has 3 N–H and O–H groups in total. The number of rotatable bonds is 6. The van der Waals surface area contributed by atoms with Crippen LogP contribution in [0.2, 0.25) is 5.02 Å². The van der Waals surface area contributed by atoms with Crippen molar-refractivity contribution in [3.8, 4) is 0 Å². The average Bonchev–Trinajstić information content (AvgIpc) is 2.48. The normalized spacial score (nSPS) is 11.7. The van der Waals surface area contributed by atoms with Gasteiger partial charge in [-0.2, -0.15) is 0 Å². The molecule has 2 aromatic carbocycles. The molecule has 0 saturated heterocycles. The molecule has 0 bridgehead atoms. The van der Waals surface area contributed by atoms with Crippen LogP contribution in [0.15, 0.2) is 47.4 Å². The number of amides is 1. The number of hydrogen-bond donors (Lipinski definition) is 3. The first kappa shape index (κ1) is 20.0. The number of halogens is 1. The number of anilines is 3. The predicted octanol–water partition coefficient (Wildman–Crippen LogP) is 2.47. The second-order valence-corrected chi connectivity index (χ2v) is 9.22. The highest BCUT2D eigenvalue weighted by molar-refractivity contribution is 7.92. The zero-order chi connectivity index (χ0) is 19.5. The van der Waals surface area contributed by atoms with Crippen molar-refractivity contribution in [2.24, 2.45) is 0 Å². The number of carbonyl (C=O) groups is 1. The van der Waals surface area contributed by atoms with Gasteiger partial charge in [0, 0.05) is 12.6 Å². The molecule has 0 aromatic heterocycles. The lowest BCUT2D eigenvalue weighted by Crippen LogP contribution is -2.14. The minimum Gasteiger partial charge on any atom is -0.326 e. The van der Waals surface area contributed by atoms with E-state index in [1.54, 1.807) is 0 Å². The Bertz CT molecular complexity index is 1040. The van der Waals surface area contributed by atoms with E-state index in [9.17, 15) is 21.6 Å². The summed E-state index contributed by atoms with van der Waals surface area (Å²) in [4.78, 5) is 11.0. The number of carbonyl (C=O) groups excluding carboxylic acids is 1. The van der Waals surface area contributed by atoms with Crippen molar-refractivity contribution in [1.82, 2.24) is 0 Å². The molecule has 2 aromatic rings. The lowest BCUT2D eigenvalue weighted by Gasteiger charge is -2.11. The molecule has 26 heavy (non-hydrogen) atoms. The zero-order valence-electron chi connectivity index (χ0n) is 13.8. The summed E-state index contributed by atoms with van der Waals surface area (Å²) in [7, 11) is -7.39. The molecule has 0 aliphatic rings. The van der Waals surface area contributed by atoms with E-state index in [1.165, 1.54) is 49.4 Å². The largest absolute Gasteiger partial charge is 0.326 e. The molecule has 11 heteroatoms. The van der Waals surface area contributed by atoms with Crippen LogP contribution >= 0.6 is 11.6 Å². The van der Waals surface area contributed by atoms with Gasteiger partial charge in [-0.25, -0.2) is 16.8 Å². The van der Waals surface area contributed by atoms with Crippen molar-refractivity contribution >= 4 is 54.6 Å². The van der Waals surface area contributed by atoms with Gasteiger partial charge < -0.3 is 5.32 Å². The molecule has 0 aliphatic heterocycles. The van der Waals surface area contributed by atoms with E-state index in [-0.39, 0.29) is 27.2 Å². The molecule has 140 valence electrons. The van der Waals surface area contributed by atoms with Crippen molar-refractivity contribution in [3.05, 3.63) is 47.5 Å². The maximum absolute atomic E-state index is 12.4. The van der Waals surface area contributed by atoms with Crippen molar-refractivity contribution in [2.75, 3.05) is 21.0 Å². The molecule has 8 nitrogen and oxygen atoms in total. The first-order chi connectivity index (χ1) is 12.0. The van der Waals surface area contributed by atoms with Gasteiger partial charge in [-0.1, -0.05) is 11.6 Å². The van der Waals surface area contributed by atoms with Crippen LogP contribution in [0.5, 0.6) is 0 Å². The molecular weight excluding hydrogens is 402 g/mol. The first-order valence-corrected chi connectivity index (χ1v) is 10.9. The summed E-state index contributed by atoms with van der Waals surface area (Å²) in [5.41, 5.74) is 0.771. The summed E-state index contributed by atoms with van der Waals surface area (Å²) >= 11 is 5.98. The molecule has 0 heterocycles. The molecule has 2 rings (SSSR count). The lowest BCUT2D eigenvalue weighted by molar-refractivity contribution is -0.114.